The Hall–Kier alpha value is -4.12. The van der Waals surface area contributed by atoms with E-state index in [0.717, 1.165) is 16.7 Å². The van der Waals surface area contributed by atoms with Gasteiger partial charge in [-0.05, 0) is 60.4 Å². The zero-order chi connectivity index (χ0) is 22.3. The monoisotopic (exact) mass is 422 g/mol. The van der Waals surface area contributed by atoms with Crippen LogP contribution in [0.25, 0.3) is 0 Å². The van der Waals surface area contributed by atoms with Crippen LogP contribution in [0.15, 0.2) is 91.3 Å². The number of pyridine rings is 2. The van der Waals surface area contributed by atoms with Crippen molar-refractivity contribution >= 4 is 11.6 Å². The maximum Gasteiger partial charge on any atom is 0.219 e. The van der Waals surface area contributed by atoms with Gasteiger partial charge in [-0.15, -0.1) is 0 Å². The van der Waals surface area contributed by atoms with Gasteiger partial charge in [0.25, 0.3) is 0 Å². The molecule has 0 saturated carbocycles. The number of aromatic nitrogens is 2. The smallest absolute Gasteiger partial charge is 0.219 e. The molecule has 4 aromatic rings. The second-order valence-electron chi connectivity index (χ2n) is 7.50. The van der Waals surface area contributed by atoms with E-state index in [1.54, 1.807) is 48.8 Å². The molecule has 0 amide bonds. The maximum absolute atomic E-state index is 13.2. The molecule has 0 aliphatic heterocycles. The van der Waals surface area contributed by atoms with Crippen molar-refractivity contribution in [3.63, 3.8) is 0 Å². The van der Waals surface area contributed by atoms with Crippen molar-refractivity contribution in [2.45, 2.75) is 19.8 Å². The number of Topliss-reactive ketones (excluding diaryl/α,β-unsaturated/α-hetero) is 2. The van der Waals surface area contributed by atoms with Crippen LogP contribution < -0.4 is 4.74 Å². The van der Waals surface area contributed by atoms with E-state index in [9.17, 15) is 9.59 Å². The van der Waals surface area contributed by atoms with Crippen LogP contribution in [0.1, 0.15) is 44.0 Å². The summed E-state index contributed by atoms with van der Waals surface area (Å²) in [6.07, 6.45) is 3.57. The molecule has 2 heterocycles. The third-order valence-corrected chi connectivity index (χ3v) is 4.97. The molecule has 0 radical (unpaired) electrons. The fourth-order valence-corrected chi connectivity index (χ4v) is 3.37. The van der Waals surface area contributed by atoms with Gasteiger partial charge >= 0.3 is 0 Å². The lowest BCUT2D eigenvalue weighted by Crippen LogP contribution is -2.11. The summed E-state index contributed by atoms with van der Waals surface area (Å²) >= 11 is 0. The largest absolute Gasteiger partial charge is 0.438 e. The number of carbonyl (C=O) groups excluding carboxylic acids is 2. The first-order valence-corrected chi connectivity index (χ1v) is 10.3. The molecule has 0 atom stereocenters. The molecule has 5 heteroatoms. The lowest BCUT2D eigenvalue weighted by molar-refractivity contribution is 0.0890. The minimum absolute atomic E-state index is 0.283. The minimum Gasteiger partial charge on any atom is -0.438 e. The Kier molecular flexibility index (Phi) is 6.46. The molecule has 0 bridgehead atoms. The number of hydrogen-bond acceptors (Lipinski definition) is 5. The fourth-order valence-electron chi connectivity index (χ4n) is 3.37. The number of rotatable bonds is 8. The molecule has 0 spiro atoms. The van der Waals surface area contributed by atoms with Gasteiger partial charge in [0.2, 0.25) is 5.88 Å². The molecular formula is C27H22N2O3. The molecular weight excluding hydrogens is 400 g/mol. The van der Waals surface area contributed by atoms with Gasteiger partial charge < -0.3 is 4.74 Å². The summed E-state index contributed by atoms with van der Waals surface area (Å²) in [5, 5.41) is 0. The lowest BCUT2D eigenvalue weighted by atomic mass is 9.98. The number of ether oxygens (including phenoxy) is 1. The number of hydrogen-bond donors (Lipinski definition) is 0. The Morgan fingerprint density at radius 1 is 0.781 bits per heavy atom. The molecule has 0 N–H and O–H groups in total. The zero-order valence-corrected chi connectivity index (χ0v) is 17.7. The third-order valence-electron chi connectivity index (χ3n) is 4.97. The highest BCUT2D eigenvalue weighted by molar-refractivity contribution is 6.14. The van der Waals surface area contributed by atoms with Gasteiger partial charge in [0.15, 0.2) is 11.6 Å². The van der Waals surface area contributed by atoms with Crippen LogP contribution in [-0.4, -0.2) is 21.5 Å². The van der Waals surface area contributed by atoms with E-state index in [1.165, 1.54) is 0 Å². The van der Waals surface area contributed by atoms with Gasteiger partial charge in [0.1, 0.15) is 11.4 Å². The molecule has 2 aromatic carbocycles. The van der Waals surface area contributed by atoms with Crippen LogP contribution in [0.3, 0.4) is 0 Å². The van der Waals surface area contributed by atoms with Gasteiger partial charge in [-0.1, -0.05) is 42.5 Å². The summed E-state index contributed by atoms with van der Waals surface area (Å²) < 4.78 is 5.88. The topological polar surface area (TPSA) is 69.2 Å². The first-order valence-electron chi connectivity index (χ1n) is 10.3. The molecule has 0 saturated heterocycles. The van der Waals surface area contributed by atoms with Crippen molar-refractivity contribution in [3.05, 3.63) is 119 Å². The van der Waals surface area contributed by atoms with E-state index in [1.807, 2.05) is 49.4 Å². The standard InChI is InChI=1S/C27H22N2O3/c1-19-12-14-28-23(15-19)25(31)18-24(30)22-17-21(16-20-7-3-2-4-8-20)10-11-26(22)32-27-9-5-6-13-29-27/h2-15,17H,16,18H2,1H3. The highest BCUT2D eigenvalue weighted by atomic mass is 16.5. The number of nitrogens with zero attached hydrogens (tertiary/aromatic N) is 2. The van der Waals surface area contributed by atoms with Crippen molar-refractivity contribution in [1.82, 2.24) is 9.97 Å². The van der Waals surface area contributed by atoms with Gasteiger partial charge in [-0.2, -0.15) is 0 Å². The van der Waals surface area contributed by atoms with Crippen LogP contribution >= 0.6 is 0 Å². The van der Waals surface area contributed by atoms with Crippen LogP contribution in [-0.2, 0) is 6.42 Å². The number of ketones is 2. The third kappa shape index (κ3) is 5.32. The molecule has 0 fully saturated rings. The average molecular weight is 422 g/mol. The fraction of sp³-hybridized carbons (Fsp3) is 0.111. The number of aryl methyl sites for hydroxylation is 1. The molecule has 0 unspecified atom stereocenters. The van der Waals surface area contributed by atoms with Crippen LogP contribution in [0.5, 0.6) is 11.6 Å². The average Bonchev–Trinajstić information content (AvgIpc) is 2.81. The van der Waals surface area contributed by atoms with Crippen molar-refractivity contribution in [1.29, 1.82) is 0 Å². The predicted octanol–water partition coefficient (Wildman–Crippen LogP) is 5.62. The number of carbonyl (C=O) groups is 2. The van der Waals surface area contributed by atoms with E-state index in [0.29, 0.717) is 23.6 Å². The molecule has 0 aliphatic rings. The Morgan fingerprint density at radius 2 is 1.59 bits per heavy atom. The van der Waals surface area contributed by atoms with Crippen molar-refractivity contribution in [2.75, 3.05) is 0 Å². The Labute approximate surface area is 186 Å². The van der Waals surface area contributed by atoms with E-state index in [4.69, 9.17) is 4.74 Å². The van der Waals surface area contributed by atoms with Gasteiger partial charge in [0.05, 0.1) is 12.0 Å². The first kappa shape index (κ1) is 21.1. The van der Waals surface area contributed by atoms with E-state index >= 15 is 0 Å². The van der Waals surface area contributed by atoms with Crippen LogP contribution in [0, 0.1) is 6.92 Å². The normalized spacial score (nSPS) is 10.5. The molecule has 158 valence electrons. The molecule has 2 aromatic heterocycles. The molecule has 32 heavy (non-hydrogen) atoms. The van der Waals surface area contributed by atoms with E-state index in [-0.39, 0.29) is 23.7 Å². The summed E-state index contributed by atoms with van der Waals surface area (Å²) in [6, 6.07) is 24.3. The SMILES string of the molecule is Cc1ccnc(C(=O)CC(=O)c2cc(Cc3ccccc3)ccc2Oc2ccccn2)c1. The summed E-state index contributed by atoms with van der Waals surface area (Å²) in [5.74, 6) is 0.106. The first-order chi connectivity index (χ1) is 15.6. The molecule has 0 aliphatic carbocycles. The second kappa shape index (κ2) is 9.79. The van der Waals surface area contributed by atoms with Crippen molar-refractivity contribution < 1.29 is 14.3 Å². The van der Waals surface area contributed by atoms with Gasteiger partial charge in [-0.25, -0.2) is 4.98 Å². The second-order valence-corrected chi connectivity index (χ2v) is 7.50. The predicted molar refractivity (Wildman–Crippen MR) is 122 cm³/mol. The van der Waals surface area contributed by atoms with Gasteiger partial charge in [-0.3, -0.25) is 14.6 Å². The van der Waals surface area contributed by atoms with Crippen LogP contribution in [0.2, 0.25) is 0 Å². The summed E-state index contributed by atoms with van der Waals surface area (Å²) in [4.78, 5) is 34.1. The van der Waals surface area contributed by atoms with E-state index in [2.05, 4.69) is 9.97 Å². The minimum atomic E-state index is -0.323. The Morgan fingerprint density at radius 3 is 2.34 bits per heavy atom. The van der Waals surface area contributed by atoms with Crippen molar-refractivity contribution in [2.24, 2.45) is 0 Å². The summed E-state index contributed by atoms with van der Waals surface area (Å²) in [6.45, 7) is 1.88. The molecule has 4 rings (SSSR count). The molecule has 5 nitrogen and oxygen atoms in total. The quantitative estimate of drug-likeness (QED) is 0.272. The number of benzene rings is 2. The van der Waals surface area contributed by atoms with Crippen LogP contribution in [0.4, 0.5) is 0 Å². The summed E-state index contributed by atoms with van der Waals surface area (Å²) in [7, 11) is 0. The highest BCUT2D eigenvalue weighted by Gasteiger charge is 2.20. The highest BCUT2D eigenvalue weighted by Crippen LogP contribution is 2.27. The Balaban J connectivity index is 1.63. The van der Waals surface area contributed by atoms with Gasteiger partial charge in [0, 0.05) is 18.5 Å². The zero-order valence-electron chi connectivity index (χ0n) is 17.7. The van der Waals surface area contributed by atoms with E-state index < -0.39 is 0 Å². The summed E-state index contributed by atoms with van der Waals surface area (Å²) in [5.41, 5.74) is 3.63. The Bertz CT molecular complexity index is 1240. The lowest BCUT2D eigenvalue weighted by Gasteiger charge is -2.12. The maximum atomic E-state index is 13.2. The van der Waals surface area contributed by atoms with Crippen molar-refractivity contribution in [3.8, 4) is 11.6 Å².